The van der Waals surface area contributed by atoms with Crippen molar-refractivity contribution in [1.29, 1.82) is 0 Å². The van der Waals surface area contributed by atoms with Crippen LogP contribution in [0, 0.1) is 11.7 Å². The second kappa shape index (κ2) is 6.88. The molecule has 1 aliphatic heterocycles. The first kappa shape index (κ1) is 17.3. The monoisotopic (exact) mass is 384 g/mol. The number of aryl methyl sites for hydroxylation is 1. The van der Waals surface area contributed by atoms with Gasteiger partial charge in [-0.1, -0.05) is 11.2 Å². The number of rotatable bonds is 3. The normalized spacial score (nSPS) is 16.6. The SMILES string of the molecule is Cc1nc(-c2ccc([C@H]3CCCN3C(=O)c3c[nH]c(=S)[nH]c3=O)cn2)no1. The number of aromatic amines is 2. The summed E-state index contributed by atoms with van der Waals surface area (Å²) in [5, 5.41) is 3.85. The average Bonchev–Trinajstić information content (AvgIpc) is 3.30. The van der Waals surface area contributed by atoms with E-state index in [1.165, 1.54) is 6.20 Å². The lowest BCUT2D eigenvalue weighted by Crippen LogP contribution is -2.34. The lowest BCUT2D eigenvalue weighted by molar-refractivity contribution is 0.0733. The molecule has 4 rings (SSSR count). The molecule has 3 aromatic rings. The molecule has 0 saturated carbocycles. The third kappa shape index (κ3) is 3.31. The summed E-state index contributed by atoms with van der Waals surface area (Å²) in [6, 6.07) is 3.55. The van der Waals surface area contributed by atoms with Crippen molar-refractivity contribution in [2.45, 2.75) is 25.8 Å². The Morgan fingerprint density at radius 2 is 2.26 bits per heavy atom. The van der Waals surface area contributed by atoms with Gasteiger partial charge in [-0.2, -0.15) is 4.98 Å². The predicted octanol–water partition coefficient (Wildman–Crippen LogP) is 2.16. The van der Waals surface area contributed by atoms with Crippen molar-refractivity contribution in [3.05, 3.63) is 56.7 Å². The fraction of sp³-hybridized carbons (Fsp3) is 0.294. The summed E-state index contributed by atoms with van der Waals surface area (Å²) in [6.45, 7) is 2.29. The summed E-state index contributed by atoms with van der Waals surface area (Å²) in [4.78, 5) is 40.3. The highest BCUT2D eigenvalue weighted by Gasteiger charge is 2.32. The van der Waals surface area contributed by atoms with Crippen molar-refractivity contribution in [1.82, 2.24) is 30.0 Å². The molecule has 1 atom stereocenters. The van der Waals surface area contributed by atoms with Crippen molar-refractivity contribution in [3.63, 3.8) is 0 Å². The van der Waals surface area contributed by atoms with Crippen molar-refractivity contribution in [2.24, 2.45) is 0 Å². The molecule has 4 heterocycles. The predicted molar refractivity (Wildman–Crippen MR) is 97.5 cm³/mol. The highest BCUT2D eigenvalue weighted by atomic mass is 32.1. The second-order valence-electron chi connectivity index (χ2n) is 6.26. The second-order valence-corrected chi connectivity index (χ2v) is 6.66. The quantitative estimate of drug-likeness (QED) is 0.664. The number of nitrogens with one attached hydrogen (secondary N) is 2. The maximum atomic E-state index is 12.9. The number of aromatic nitrogens is 5. The summed E-state index contributed by atoms with van der Waals surface area (Å²) >= 11 is 4.87. The van der Waals surface area contributed by atoms with Gasteiger partial charge in [-0.15, -0.1) is 0 Å². The van der Waals surface area contributed by atoms with E-state index in [0.717, 1.165) is 18.4 Å². The molecule has 3 aromatic heterocycles. The minimum atomic E-state index is -0.490. The Morgan fingerprint density at radius 1 is 1.41 bits per heavy atom. The Labute approximate surface area is 158 Å². The molecule has 138 valence electrons. The minimum absolute atomic E-state index is 0.0438. The summed E-state index contributed by atoms with van der Waals surface area (Å²) in [7, 11) is 0. The van der Waals surface area contributed by atoms with Crippen LogP contribution in [0.5, 0.6) is 0 Å². The van der Waals surface area contributed by atoms with E-state index in [4.69, 9.17) is 16.7 Å². The zero-order valence-electron chi connectivity index (χ0n) is 14.4. The van der Waals surface area contributed by atoms with Crippen molar-refractivity contribution < 1.29 is 9.32 Å². The van der Waals surface area contributed by atoms with Gasteiger partial charge < -0.3 is 14.4 Å². The Morgan fingerprint density at radius 3 is 2.93 bits per heavy atom. The van der Waals surface area contributed by atoms with Gasteiger partial charge in [0.05, 0.1) is 6.04 Å². The number of nitrogens with zero attached hydrogens (tertiary/aromatic N) is 4. The van der Waals surface area contributed by atoms with Crippen molar-refractivity contribution in [3.8, 4) is 11.5 Å². The van der Waals surface area contributed by atoms with Gasteiger partial charge in [-0.05, 0) is 36.7 Å². The Balaban J connectivity index is 1.60. The van der Waals surface area contributed by atoms with E-state index in [-0.39, 0.29) is 22.3 Å². The molecule has 1 aliphatic rings. The van der Waals surface area contributed by atoms with E-state index in [9.17, 15) is 9.59 Å². The van der Waals surface area contributed by atoms with Crippen LogP contribution in [0.15, 0.2) is 33.8 Å². The molecule has 0 radical (unpaired) electrons. The van der Waals surface area contributed by atoms with Crippen LogP contribution in [0.1, 0.15) is 40.7 Å². The van der Waals surface area contributed by atoms with Crippen LogP contribution in [-0.4, -0.2) is 42.4 Å². The van der Waals surface area contributed by atoms with Crippen LogP contribution in [0.3, 0.4) is 0 Å². The Kier molecular flexibility index (Phi) is 4.40. The third-order valence-electron chi connectivity index (χ3n) is 4.49. The molecular formula is C17H16N6O3S. The first-order chi connectivity index (χ1) is 13.0. The molecular weight excluding hydrogens is 368 g/mol. The molecule has 1 amide bonds. The van der Waals surface area contributed by atoms with Gasteiger partial charge >= 0.3 is 0 Å². The number of hydrogen-bond donors (Lipinski definition) is 2. The molecule has 1 saturated heterocycles. The maximum Gasteiger partial charge on any atom is 0.264 e. The fourth-order valence-electron chi connectivity index (χ4n) is 3.22. The molecule has 0 aliphatic carbocycles. The first-order valence-electron chi connectivity index (χ1n) is 8.42. The van der Waals surface area contributed by atoms with Crippen LogP contribution in [0.4, 0.5) is 0 Å². The minimum Gasteiger partial charge on any atom is -0.339 e. The number of pyridine rings is 1. The first-order valence-corrected chi connectivity index (χ1v) is 8.83. The van der Waals surface area contributed by atoms with Crippen LogP contribution in [0.25, 0.3) is 11.5 Å². The standard InChI is InChI=1S/C17H16N6O3S/c1-9-20-14(22-26-9)12-5-4-10(7-18-12)13-3-2-6-23(13)16(25)11-8-19-17(27)21-15(11)24/h4-5,7-8,13H,2-3,6H2,1H3,(H2,19,21,24,27)/t13-/m1/s1. The van der Waals surface area contributed by atoms with E-state index < -0.39 is 5.56 Å². The Hall–Kier alpha value is -3.14. The van der Waals surface area contributed by atoms with Crippen LogP contribution in [-0.2, 0) is 0 Å². The van der Waals surface area contributed by atoms with E-state index >= 15 is 0 Å². The zero-order valence-corrected chi connectivity index (χ0v) is 15.2. The Bertz CT molecular complexity index is 1100. The van der Waals surface area contributed by atoms with Crippen LogP contribution in [0.2, 0.25) is 0 Å². The molecule has 0 aromatic carbocycles. The highest BCUT2D eigenvalue weighted by molar-refractivity contribution is 7.71. The molecule has 10 heteroatoms. The topological polar surface area (TPSA) is 121 Å². The lowest BCUT2D eigenvalue weighted by atomic mass is 10.1. The highest BCUT2D eigenvalue weighted by Crippen LogP contribution is 2.32. The zero-order chi connectivity index (χ0) is 19.0. The number of H-pyrrole nitrogens is 2. The molecule has 27 heavy (non-hydrogen) atoms. The molecule has 0 spiro atoms. The number of amides is 1. The van der Waals surface area contributed by atoms with E-state index in [1.54, 1.807) is 24.1 Å². The van der Waals surface area contributed by atoms with Gasteiger partial charge in [0.15, 0.2) is 4.77 Å². The lowest BCUT2D eigenvalue weighted by Gasteiger charge is -2.24. The van der Waals surface area contributed by atoms with Crippen LogP contribution >= 0.6 is 12.2 Å². The molecule has 9 nitrogen and oxygen atoms in total. The van der Waals surface area contributed by atoms with E-state index in [1.807, 2.05) is 6.07 Å². The summed E-state index contributed by atoms with van der Waals surface area (Å²) < 4.78 is 5.16. The fourth-order valence-corrected chi connectivity index (χ4v) is 3.37. The van der Waals surface area contributed by atoms with Crippen molar-refractivity contribution >= 4 is 18.1 Å². The number of hydrogen-bond acceptors (Lipinski definition) is 7. The number of carbonyl (C=O) groups is 1. The van der Waals surface area contributed by atoms with E-state index in [2.05, 4.69) is 25.1 Å². The third-order valence-corrected chi connectivity index (χ3v) is 4.71. The summed E-state index contributed by atoms with van der Waals surface area (Å²) in [6.07, 6.45) is 4.72. The summed E-state index contributed by atoms with van der Waals surface area (Å²) in [5.41, 5.74) is 1.04. The molecule has 0 bridgehead atoms. The smallest absolute Gasteiger partial charge is 0.264 e. The molecule has 0 unspecified atom stereocenters. The largest absolute Gasteiger partial charge is 0.339 e. The van der Waals surface area contributed by atoms with Gasteiger partial charge in [-0.3, -0.25) is 19.6 Å². The maximum absolute atomic E-state index is 12.9. The van der Waals surface area contributed by atoms with Gasteiger partial charge in [0, 0.05) is 25.9 Å². The molecule has 1 fully saturated rings. The van der Waals surface area contributed by atoms with Gasteiger partial charge in [0.25, 0.3) is 11.5 Å². The number of carbonyl (C=O) groups excluding carboxylic acids is 1. The summed E-state index contributed by atoms with van der Waals surface area (Å²) in [5.74, 6) is 0.558. The van der Waals surface area contributed by atoms with E-state index in [0.29, 0.717) is 24.0 Å². The van der Waals surface area contributed by atoms with Gasteiger partial charge in [0.2, 0.25) is 11.7 Å². The number of likely N-dealkylation sites (tertiary alicyclic amines) is 1. The van der Waals surface area contributed by atoms with Gasteiger partial charge in [-0.25, -0.2) is 0 Å². The van der Waals surface area contributed by atoms with Crippen LogP contribution < -0.4 is 5.56 Å². The van der Waals surface area contributed by atoms with Gasteiger partial charge in [0.1, 0.15) is 11.3 Å². The average molecular weight is 384 g/mol. The molecule has 2 N–H and O–H groups in total. The van der Waals surface area contributed by atoms with Crippen molar-refractivity contribution in [2.75, 3.05) is 6.54 Å².